The number of ether oxygens (including phenoxy) is 2. The predicted molar refractivity (Wildman–Crippen MR) is 247 cm³/mol. The number of aromatic carboxylic acids is 1. The molecule has 4 aliphatic rings. The van der Waals surface area contributed by atoms with Gasteiger partial charge in [-0.15, -0.1) is 0 Å². The number of piperidine rings is 1. The number of amides is 4. The molecule has 66 heavy (non-hydrogen) atoms. The molecule has 0 spiro atoms. The van der Waals surface area contributed by atoms with Gasteiger partial charge in [-0.25, -0.2) is 4.79 Å². The van der Waals surface area contributed by atoms with Crippen LogP contribution in [0, 0.1) is 13.8 Å². The van der Waals surface area contributed by atoms with Crippen LogP contribution in [0.25, 0.3) is 32.8 Å². The Kier molecular flexibility index (Phi) is 11.3. The van der Waals surface area contributed by atoms with Gasteiger partial charge in [0.25, 0.3) is 11.8 Å². The number of piperazine rings is 1. The molecule has 16 heteroatoms. The van der Waals surface area contributed by atoms with Crippen LogP contribution in [-0.4, -0.2) is 115 Å². The highest BCUT2D eigenvalue weighted by Gasteiger charge is 2.45. The average molecular weight is 912 g/mol. The fourth-order valence-corrected chi connectivity index (χ4v) is 11.1. The van der Waals surface area contributed by atoms with Crippen molar-refractivity contribution in [2.75, 3.05) is 32.8 Å². The lowest BCUT2D eigenvalue weighted by Crippen LogP contribution is -2.52. The van der Waals surface area contributed by atoms with E-state index in [-0.39, 0.29) is 61.5 Å². The Labute approximate surface area is 385 Å². The minimum absolute atomic E-state index is 0.0412. The average Bonchev–Trinajstić information content (AvgIpc) is 4.11. The van der Waals surface area contributed by atoms with Crippen LogP contribution < -0.4 is 14.8 Å². The molecule has 0 radical (unpaired) electrons. The Balaban J connectivity index is 0.853. The van der Waals surface area contributed by atoms with Crippen LogP contribution in [0.15, 0.2) is 72.8 Å². The molecule has 6 heterocycles. The number of nitrogens with one attached hydrogen (secondary N) is 1. The van der Waals surface area contributed by atoms with E-state index in [2.05, 4.69) is 10.2 Å². The van der Waals surface area contributed by atoms with Gasteiger partial charge >= 0.3 is 5.97 Å². The van der Waals surface area contributed by atoms with Gasteiger partial charge in [-0.05, 0) is 74.7 Å². The summed E-state index contributed by atoms with van der Waals surface area (Å²) in [5, 5.41) is 21.5. The number of hydrogen-bond donors (Lipinski definition) is 2. The summed E-state index contributed by atoms with van der Waals surface area (Å²) in [5.41, 5.74) is 6.10. The molecule has 0 aliphatic carbocycles. The molecule has 4 aliphatic heterocycles. The van der Waals surface area contributed by atoms with Crippen LogP contribution in [0.1, 0.15) is 69.0 Å². The number of fused-ring (bicyclic) bond motifs is 5. The quantitative estimate of drug-likeness (QED) is 0.0935. The fourth-order valence-electron chi connectivity index (χ4n) is 10.8. The Morgan fingerprint density at radius 1 is 0.894 bits per heavy atom. The maximum atomic E-state index is 13.7. The Morgan fingerprint density at radius 2 is 1.68 bits per heavy atom. The van der Waals surface area contributed by atoms with E-state index in [0.29, 0.717) is 67.5 Å². The number of carbonyl (C=O) groups excluding carboxylic acids is 4. The number of aromatic nitrogens is 3. The van der Waals surface area contributed by atoms with Crippen molar-refractivity contribution in [3.8, 4) is 22.6 Å². The first kappa shape index (κ1) is 43.2. The van der Waals surface area contributed by atoms with Crippen LogP contribution in [0.2, 0.25) is 5.02 Å². The van der Waals surface area contributed by atoms with E-state index in [1.165, 1.54) is 4.90 Å². The lowest BCUT2D eigenvalue weighted by Gasteiger charge is -2.34. The topological polar surface area (TPSA) is 169 Å². The second-order valence-electron chi connectivity index (χ2n) is 17.8. The normalized spacial score (nSPS) is 19.3. The summed E-state index contributed by atoms with van der Waals surface area (Å²) in [5.74, 6) is -1.13. The smallest absolute Gasteiger partial charge is 0.352 e. The number of carboxylic acids is 1. The van der Waals surface area contributed by atoms with E-state index in [4.69, 9.17) is 26.2 Å². The van der Waals surface area contributed by atoms with E-state index >= 15 is 0 Å². The minimum Gasteiger partial charge on any atom is -0.493 e. The first-order chi connectivity index (χ1) is 31.9. The summed E-state index contributed by atoms with van der Waals surface area (Å²) in [6.45, 7) is 6.33. The van der Waals surface area contributed by atoms with E-state index in [0.717, 1.165) is 61.9 Å². The summed E-state index contributed by atoms with van der Waals surface area (Å²) in [6, 6.07) is 22.2. The summed E-state index contributed by atoms with van der Waals surface area (Å²) in [7, 11) is 1.89. The molecule has 6 aromatic rings. The van der Waals surface area contributed by atoms with Crippen molar-refractivity contribution in [3.63, 3.8) is 0 Å². The second-order valence-corrected chi connectivity index (χ2v) is 18.2. The van der Waals surface area contributed by atoms with Gasteiger partial charge in [-0.1, -0.05) is 60.1 Å². The number of benzene rings is 4. The van der Waals surface area contributed by atoms with Crippen molar-refractivity contribution >= 4 is 62.9 Å². The molecule has 10 rings (SSSR count). The molecule has 0 saturated carbocycles. The second kappa shape index (κ2) is 17.3. The van der Waals surface area contributed by atoms with Gasteiger partial charge in [0, 0.05) is 90.5 Å². The van der Waals surface area contributed by atoms with Crippen LogP contribution in [-0.2, 0) is 40.9 Å². The minimum atomic E-state index is -1.02. The standard InChI is InChI=1S/C50H50ClN7O8/c1-28-44(29(2)54(3)53-28)45-38(51)17-16-35-34(13-8-22-65-40-14-6-10-30-9-4-5-11-33(30)40)47(50(63)64)56(46(35)45)21-20-55-24-32-23-31(55)25-57(32)43(60)27-66-41-15-7-12-36-37(41)26-58(49(36)62)39-18-19-42(59)52-48(39)61/h4-7,9-12,14-17,31-32,39H,8,13,18-27H2,1-3H3,(H,63,64)(H,52,59,61)/t31-,32-,39?/m0/s1. The van der Waals surface area contributed by atoms with E-state index < -0.39 is 17.9 Å². The SMILES string of the molecule is Cc1nn(C)c(C)c1-c1c(Cl)ccc2c(CCCOc3cccc4ccccc34)c(C(=O)O)n(CCN3C[C@@H]4C[C@H]3CN4C(=O)COc3cccc4c3CN(C3CCC(=O)NC3=O)C4=O)c12. The molecule has 3 fully saturated rings. The molecule has 4 amide bonds. The molecule has 3 saturated heterocycles. The van der Waals surface area contributed by atoms with Gasteiger partial charge in [-0.3, -0.25) is 34.1 Å². The number of rotatable bonds is 14. The Morgan fingerprint density at radius 3 is 2.44 bits per heavy atom. The van der Waals surface area contributed by atoms with Crippen molar-refractivity contribution in [3.05, 3.63) is 112 Å². The molecule has 15 nitrogen and oxygen atoms in total. The van der Waals surface area contributed by atoms with Crippen molar-refractivity contribution < 1.29 is 38.6 Å². The van der Waals surface area contributed by atoms with Crippen LogP contribution in [0.5, 0.6) is 11.5 Å². The molecule has 2 aromatic heterocycles. The van der Waals surface area contributed by atoms with Crippen LogP contribution in [0.4, 0.5) is 0 Å². The predicted octanol–water partition coefficient (Wildman–Crippen LogP) is 6.30. The van der Waals surface area contributed by atoms with Crippen molar-refractivity contribution in [1.29, 1.82) is 0 Å². The van der Waals surface area contributed by atoms with Crippen molar-refractivity contribution in [2.24, 2.45) is 7.05 Å². The number of likely N-dealkylation sites (tertiary alicyclic amines) is 2. The molecular weight excluding hydrogens is 862 g/mol. The molecule has 3 atom stereocenters. The van der Waals surface area contributed by atoms with E-state index in [1.54, 1.807) is 18.2 Å². The number of carboxylic acid groups (broad SMARTS) is 1. The highest BCUT2D eigenvalue weighted by atomic mass is 35.5. The third-order valence-electron chi connectivity index (χ3n) is 14.0. The number of carbonyl (C=O) groups is 5. The highest BCUT2D eigenvalue weighted by molar-refractivity contribution is 6.35. The summed E-state index contributed by atoms with van der Waals surface area (Å²) < 4.78 is 16.1. The molecule has 4 aromatic carbocycles. The molecular formula is C50H50ClN7O8. The zero-order valence-corrected chi connectivity index (χ0v) is 37.8. The van der Waals surface area contributed by atoms with Gasteiger partial charge in [0.15, 0.2) is 6.61 Å². The van der Waals surface area contributed by atoms with E-state index in [1.807, 2.05) is 89.6 Å². The zero-order valence-electron chi connectivity index (χ0n) is 37.0. The first-order valence-corrected chi connectivity index (χ1v) is 22.9. The Hall–Kier alpha value is -6.71. The van der Waals surface area contributed by atoms with E-state index in [9.17, 15) is 29.1 Å². The first-order valence-electron chi connectivity index (χ1n) is 22.5. The third kappa shape index (κ3) is 7.53. The van der Waals surface area contributed by atoms with Crippen LogP contribution in [0.3, 0.4) is 0 Å². The third-order valence-corrected chi connectivity index (χ3v) is 14.3. The fraction of sp³-hybridized carbons (Fsp3) is 0.360. The van der Waals surface area contributed by atoms with Gasteiger partial charge in [0.1, 0.15) is 23.2 Å². The number of aryl methyl sites for hydroxylation is 3. The molecule has 1 unspecified atom stereocenters. The van der Waals surface area contributed by atoms with Gasteiger partial charge in [-0.2, -0.15) is 5.10 Å². The van der Waals surface area contributed by atoms with Crippen molar-refractivity contribution in [2.45, 2.75) is 77.2 Å². The maximum Gasteiger partial charge on any atom is 0.352 e. The Bertz CT molecular complexity index is 2990. The largest absolute Gasteiger partial charge is 0.493 e. The molecule has 2 bridgehead atoms. The number of nitrogens with zero attached hydrogens (tertiary/aromatic N) is 6. The monoisotopic (exact) mass is 911 g/mol. The van der Waals surface area contributed by atoms with Gasteiger partial charge < -0.3 is 28.9 Å². The highest BCUT2D eigenvalue weighted by Crippen LogP contribution is 2.43. The molecule has 340 valence electrons. The summed E-state index contributed by atoms with van der Waals surface area (Å²) in [6.07, 6.45) is 2.24. The zero-order chi connectivity index (χ0) is 46.0. The summed E-state index contributed by atoms with van der Waals surface area (Å²) >= 11 is 7.10. The molecule has 2 N–H and O–H groups in total. The van der Waals surface area contributed by atoms with Gasteiger partial charge in [0.05, 0.1) is 29.4 Å². The lowest BCUT2D eigenvalue weighted by molar-refractivity contribution is -0.137. The lowest BCUT2D eigenvalue weighted by atomic mass is 9.98. The maximum absolute atomic E-state index is 13.7. The number of imide groups is 1. The van der Waals surface area contributed by atoms with Crippen LogP contribution >= 0.6 is 11.6 Å². The number of halogens is 1. The van der Waals surface area contributed by atoms with Crippen molar-refractivity contribution in [1.82, 2.24) is 34.4 Å². The van der Waals surface area contributed by atoms with Gasteiger partial charge in [0.2, 0.25) is 11.8 Å². The summed E-state index contributed by atoms with van der Waals surface area (Å²) in [4.78, 5) is 70.5. The number of hydrogen-bond acceptors (Lipinski definition) is 9.